The molecule has 0 aromatic heterocycles. The maximum atomic E-state index is 14.1. The highest BCUT2D eigenvalue weighted by molar-refractivity contribution is 6.16. The Balaban J connectivity index is 0.822. The van der Waals surface area contributed by atoms with Gasteiger partial charge in [-0.05, 0) is 66.9 Å². The molecule has 0 saturated heterocycles. The molecule has 0 saturated carbocycles. The van der Waals surface area contributed by atoms with Crippen LogP contribution >= 0.6 is 0 Å². The van der Waals surface area contributed by atoms with Crippen LogP contribution in [0.15, 0.2) is 76.7 Å². The Morgan fingerprint density at radius 1 is 0.672 bits per heavy atom. The van der Waals surface area contributed by atoms with Gasteiger partial charge < -0.3 is 35.5 Å². The lowest BCUT2D eigenvalue weighted by Gasteiger charge is -2.23. The third-order valence-corrected chi connectivity index (χ3v) is 11.7. The molecule has 67 heavy (non-hydrogen) atoms. The van der Waals surface area contributed by atoms with Crippen LogP contribution in [0.2, 0.25) is 0 Å². The third-order valence-electron chi connectivity index (χ3n) is 11.7. The first-order chi connectivity index (χ1) is 32.3. The number of anilines is 3. The summed E-state index contributed by atoms with van der Waals surface area (Å²) in [5.74, 6) is -0.925. The molecule has 4 heterocycles. The number of carbonyl (C=O) groups is 7. The predicted octanol–water partition coefficient (Wildman–Crippen LogP) is 3.51. The van der Waals surface area contributed by atoms with Crippen LogP contribution in [0.1, 0.15) is 50.8 Å². The minimum Gasteiger partial charge on any atom is -0.493 e. The zero-order chi connectivity index (χ0) is 47.4. The summed E-state index contributed by atoms with van der Waals surface area (Å²) in [5, 5.41) is 9.54. The molecule has 7 amide bonds. The van der Waals surface area contributed by atoms with Crippen molar-refractivity contribution in [2.75, 3.05) is 68.2 Å². The van der Waals surface area contributed by atoms with Crippen LogP contribution in [-0.4, -0.2) is 119 Å². The van der Waals surface area contributed by atoms with E-state index in [0.717, 1.165) is 22.4 Å². The van der Waals surface area contributed by atoms with Gasteiger partial charge in [0.15, 0.2) is 11.5 Å². The number of fused-ring (bicyclic) bond motifs is 8. The third kappa shape index (κ3) is 9.80. The van der Waals surface area contributed by atoms with E-state index in [9.17, 15) is 33.6 Å². The maximum absolute atomic E-state index is 14.1. The number of aryl methyl sites for hydroxylation is 1. The molecular weight excluding hydrogens is 863 g/mol. The number of ketones is 1. The van der Waals surface area contributed by atoms with Crippen LogP contribution in [0.4, 0.5) is 33.2 Å². The fraction of sp³-hybridized carbons (Fsp3) is 0.312. The zero-order valence-corrected chi connectivity index (χ0v) is 37.3. The van der Waals surface area contributed by atoms with Gasteiger partial charge >= 0.3 is 6.03 Å². The molecule has 4 N–H and O–H groups in total. The summed E-state index contributed by atoms with van der Waals surface area (Å²) in [6, 6.07) is 19.0. The van der Waals surface area contributed by atoms with Crippen molar-refractivity contribution in [2.24, 2.45) is 9.98 Å². The Kier molecular flexibility index (Phi) is 13.3. The monoisotopic (exact) mass is 911 g/mol. The summed E-state index contributed by atoms with van der Waals surface area (Å²) in [4.78, 5) is 102. The van der Waals surface area contributed by atoms with Crippen LogP contribution in [0.5, 0.6) is 17.2 Å². The van der Waals surface area contributed by atoms with Crippen LogP contribution in [0, 0.1) is 6.92 Å². The number of para-hydroxylation sites is 1. The molecule has 0 spiro atoms. The molecule has 4 aliphatic rings. The van der Waals surface area contributed by atoms with Gasteiger partial charge in [0, 0.05) is 67.9 Å². The standard InChI is InChI=1S/C48H49N9O10/c1-27-14-34-36(19-40(27)66-12-7-13-67-42-20-37-35(18-41(42)65-4)47(63)56-32(22-50-37)15-29-8-5-6-9-38(29)56)49-23-33-17-30-16-31(10-11-39(30)57(33)46(34)62)55(3)48(64)54-26-45(61)53-25-44(60)52-24-43(59)51-21-28(2)58/h5-6,8-11,14,16,18-20,22-23,32-33H,7,12-13,15,17,21,24-26H2,1-4H3,(H,51,59)(H,52,60)(H,53,61)(H,54,64)/t32-,33-/m0/s1. The highest BCUT2D eigenvalue weighted by atomic mass is 16.5. The van der Waals surface area contributed by atoms with Gasteiger partial charge in [0.05, 0.1) is 81.1 Å². The van der Waals surface area contributed by atoms with Crippen LogP contribution in [0.25, 0.3) is 0 Å². The molecule has 0 unspecified atom stereocenters. The van der Waals surface area contributed by atoms with E-state index >= 15 is 0 Å². The Bertz CT molecular complexity index is 2750. The molecule has 0 aliphatic carbocycles. The summed E-state index contributed by atoms with van der Waals surface area (Å²) in [5.41, 5.74) is 6.66. The molecule has 4 aliphatic heterocycles. The van der Waals surface area contributed by atoms with Crippen LogP contribution < -0.4 is 50.2 Å². The number of nitrogens with one attached hydrogen (secondary N) is 4. The number of methoxy groups -OCH3 is 1. The van der Waals surface area contributed by atoms with E-state index in [2.05, 4.69) is 26.3 Å². The molecule has 0 fully saturated rings. The molecule has 4 aromatic rings. The molecule has 346 valence electrons. The normalized spacial score (nSPS) is 15.9. The van der Waals surface area contributed by atoms with Gasteiger partial charge in [0.2, 0.25) is 17.7 Å². The molecule has 0 radical (unpaired) electrons. The van der Waals surface area contributed by atoms with E-state index in [4.69, 9.17) is 19.2 Å². The van der Waals surface area contributed by atoms with Crippen molar-refractivity contribution in [3.8, 4) is 17.2 Å². The maximum Gasteiger partial charge on any atom is 0.322 e. The minimum atomic E-state index is -0.625. The van der Waals surface area contributed by atoms with Crippen LogP contribution in [-0.2, 0) is 32.0 Å². The number of rotatable bonds is 16. The first-order valence-corrected chi connectivity index (χ1v) is 21.7. The molecule has 19 nitrogen and oxygen atoms in total. The molecule has 2 atom stereocenters. The average molecular weight is 912 g/mol. The number of urea groups is 1. The number of benzene rings is 4. The van der Waals surface area contributed by atoms with Gasteiger partial charge in [0.1, 0.15) is 11.5 Å². The van der Waals surface area contributed by atoms with Crippen molar-refractivity contribution < 1.29 is 47.8 Å². The van der Waals surface area contributed by atoms with E-state index in [1.165, 1.54) is 18.9 Å². The SMILES string of the molecule is COc1cc2c(cc1OCCCOc1cc3c(cc1C)C(=O)N1c4ccc(N(C)C(=O)NCC(=O)NCC(=O)NCC(=O)NCC(C)=O)cc4C[C@H]1C=N3)N=C[C@@H]1Cc3ccccc3N1C2=O. The van der Waals surface area contributed by atoms with Crippen molar-refractivity contribution in [1.29, 1.82) is 0 Å². The first kappa shape index (κ1) is 45.5. The number of aliphatic imine (C=N–C) groups is 2. The van der Waals surface area contributed by atoms with E-state index < -0.39 is 36.8 Å². The lowest BCUT2D eigenvalue weighted by Crippen LogP contribution is -2.46. The second-order valence-electron chi connectivity index (χ2n) is 16.3. The van der Waals surface area contributed by atoms with Gasteiger partial charge in [-0.25, -0.2) is 4.79 Å². The van der Waals surface area contributed by atoms with Crippen LogP contribution in [0.3, 0.4) is 0 Å². The fourth-order valence-electron chi connectivity index (χ4n) is 8.23. The van der Waals surface area contributed by atoms with Crippen molar-refractivity contribution in [1.82, 2.24) is 21.3 Å². The van der Waals surface area contributed by atoms with Gasteiger partial charge in [0.25, 0.3) is 11.8 Å². The predicted molar refractivity (Wildman–Crippen MR) is 249 cm³/mol. The molecule has 19 heteroatoms. The number of Topliss-reactive ketones (excluding diaryl/α,β-unsaturated/α-hetero) is 1. The number of hydrogen-bond donors (Lipinski definition) is 4. The Hall–Kier alpha value is -8.09. The van der Waals surface area contributed by atoms with Gasteiger partial charge in [-0.3, -0.25) is 53.5 Å². The highest BCUT2D eigenvalue weighted by Crippen LogP contribution is 2.42. The van der Waals surface area contributed by atoms with Crippen molar-refractivity contribution in [3.05, 3.63) is 94.5 Å². The largest absolute Gasteiger partial charge is 0.493 e. The summed E-state index contributed by atoms with van der Waals surface area (Å²) >= 11 is 0. The van der Waals surface area contributed by atoms with Gasteiger partial charge in [-0.2, -0.15) is 0 Å². The lowest BCUT2D eigenvalue weighted by atomic mass is 10.1. The number of hydrogen-bond acceptors (Lipinski definition) is 12. The molecule has 0 bridgehead atoms. The summed E-state index contributed by atoms with van der Waals surface area (Å²) in [7, 11) is 3.07. The number of amides is 7. The van der Waals surface area contributed by atoms with E-state index in [-0.39, 0.29) is 42.8 Å². The Morgan fingerprint density at radius 2 is 1.22 bits per heavy atom. The molecule has 8 rings (SSSR count). The van der Waals surface area contributed by atoms with E-state index in [0.29, 0.717) is 83.6 Å². The van der Waals surface area contributed by atoms with Gasteiger partial charge in [-0.15, -0.1) is 0 Å². The van der Waals surface area contributed by atoms with Crippen molar-refractivity contribution in [3.63, 3.8) is 0 Å². The Labute approximate surface area is 385 Å². The minimum absolute atomic E-state index is 0.142. The second-order valence-corrected chi connectivity index (χ2v) is 16.3. The number of carbonyl (C=O) groups excluding carboxylic acids is 7. The van der Waals surface area contributed by atoms with Crippen molar-refractivity contribution in [2.45, 2.75) is 45.2 Å². The van der Waals surface area contributed by atoms with E-state index in [1.807, 2.05) is 43.5 Å². The fourth-order valence-corrected chi connectivity index (χ4v) is 8.23. The molecule has 4 aromatic carbocycles. The molecular formula is C48H49N9O10. The van der Waals surface area contributed by atoms with Crippen molar-refractivity contribution >= 4 is 82.2 Å². The quantitative estimate of drug-likeness (QED) is 0.120. The Morgan fingerprint density at radius 3 is 1.87 bits per heavy atom. The van der Waals surface area contributed by atoms with Gasteiger partial charge in [-0.1, -0.05) is 18.2 Å². The smallest absolute Gasteiger partial charge is 0.322 e. The average Bonchev–Trinajstić information content (AvgIpc) is 3.81. The summed E-state index contributed by atoms with van der Waals surface area (Å²) in [6.45, 7) is 2.45. The number of ether oxygens (including phenoxy) is 3. The summed E-state index contributed by atoms with van der Waals surface area (Å²) < 4.78 is 17.9. The topological polar surface area (TPSA) is 230 Å². The lowest BCUT2D eigenvalue weighted by molar-refractivity contribution is -0.128. The first-order valence-electron chi connectivity index (χ1n) is 21.7. The number of nitrogens with zero attached hydrogens (tertiary/aromatic N) is 5. The zero-order valence-electron chi connectivity index (χ0n) is 37.3. The summed E-state index contributed by atoms with van der Waals surface area (Å²) in [6.07, 6.45) is 5.23. The van der Waals surface area contributed by atoms with E-state index in [1.54, 1.807) is 59.5 Å². The highest BCUT2D eigenvalue weighted by Gasteiger charge is 2.38. The second kappa shape index (κ2) is 19.6.